The first kappa shape index (κ1) is 15.6. The third-order valence-electron chi connectivity index (χ3n) is 4.57. The molecule has 2 amide bonds. The number of urea groups is 1. The van der Waals surface area contributed by atoms with Crippen molar-refractivity contribution < 1.29 is 9.18 Å². The zero-order valence-corrected chi connectivity index (χ0v) is 13.9. The van der Waals surface area contributed by atoms with E-state index in [0.717, 1.165) is 0 Å². The number of fused-ring (bicyclic) bond motifs is 4. The Morgan fingerprint density at radius 1 is 1.29 bits per heavy atom. The molecule has 0 radical (unpaired) electrons. The van der Waals surface area contributed by atoms with E-state index in [1.807, 2.05) is 0 Å². The lowest BCUT2D eigenvalue weighted by Gasteiger charge is -2.37. The van der Waals surface area contributed by atoms with Crippen molar-refractivity contribution >= 4 is 34.9 Å². The number of hydrogen-bond donors (Lipinski definition) is 1. The van der Waals surface area contributed by atoms with Crippen molar-refractivity contribution in [2.45, 2.75) is 31.1 Å². The van der Waals surface area contributed by atoms with Crippen LogP contribution in [0.25, 0.3) is 0 Å². The number of carbonyl (C=O) groups is 1. The Bertz CT molecular complexity index is 818. The third kappa shape index (κ3) is 2.41. The smallest absolute Gasteiger partial charge is 0.311 e. The van der Waals surface area contributed by atoms with Crippen LogP contribution in [-0.2, 0) is 0 Å². The zero-order valence-electron chi connectivity index (χ0n) is 12.4. The number of nitrogens with zero attached hydrogens (tertiary/aromatic N) is 3. The number of anilines is 1. The monoisotopic (exact) mass is 366 g/mol. The maximum Gasteiger partial charge on any atom is 0.322 e. The van der Waals surface area contributed by atoms with E-state index >= 15 is 0 Å². The van der Waals surface area contributed by atoms with E-state index in [1.54, 1.807) is 29.3 Å². The number of nitrogens with one attached hydrogen (secondary N) is 1. The number of alkyl halides is 1. The standard InChI is InChI=1S/C16H13Cl2FN4O/c17-10-2-1-8(5-11(10)18)22-16(24)23-12-3-4-13(23)14(19)15-9(12)6-20-7-21-15/h1-2,5-7,12-14H,3-4H2,(H,22,24). The van der Waals surface area contributed by atoms with Gasteiger partial charge in [0, 0.05) is 17.4 Å². The van der Waals surface area contributed by atoms with Crippen LogP contribution in [0.2, 0.25) is 10.0 Å². The van der Waals surface area contributed by atoms with E-state index < -0.39 is 12.2 Å². The maximum absolute atomic E-state index is 14.8. The number of carbonyl (C=O) groups excluding carboxylic acids is 1. The molecule has 1 aromatic carbocycles. The highest BCUT2D eigenvalue weighted by Gasteiger charge is 2.49. The van der Waals surface area contributed by atoms with Gasteiger partial charge in [-0.1, -0.05) is 23.2 Å². The molecule has 0 saturated carbocycles. The molecule has 124 valence electrons. The number of hydrogen-bond acceptors (Lipinski definition) is 3. The first-order valence-corrected chi connectivity index (χ1v) is 8.30. The molecule has 1 N–H and O–H groups in total. The molecular formula is C16H13Cl2FN4O. The van der Waals surface area contributed by atoms with Crippen LogP contribution in [-0.4, -0.2) is 26.9 Å². The predicted molar refractivity (Wildman–Crippen MR) is 89.0 cm³/mol. The van der Waals surface area contributed by atoms with Gasteiger partial charge in [0.2, 0.25) is 0 Å². The summed E-state index contributed by atoms with van der Waals surface area (Å²) in [7, 11) is 0. The van der Waals surface area contributed by atoms with E-state index in [2.05, 4.69) is 15.3 Å². The van der Waals surface area contributed by atoms with Crippen LogP contribution in [0.1, 0.15) is 36.3 Å². The molecule has 3 atom stereocenters. The minimum atomic E-state index is -1.30. The summed E-state index contributed by atoms with van der Waals surface area (Å²) in [6.07, 6.45) is 2.93. The van der Waals surface area contributed by atoms with E-state index in [4.69, 9.17) is 23.2 Å². The van der Waals surface area contributed by atoms with Crippen LogP contribution in [0.15, 0.2) is 30.7 Å². The molecule has 0 aliphatic carbocycles. The van der Waals surface area contributed by atoms with Gasteiger partial charge in [-0.25, -0.2) is 19.2 Å². The molecule has 4 rings (SSSR count). The fourth-order valence-corrected chi connectivity index (χ4v) is 3.80. The second-order valence-corrected chi connectivity index (χ2v) is 6.71. The average molecular weight is 367 g/mol. The first-order chi connectivity index (χ1) is 11.6. The summed E-state index contributed by atoms with van der Waals surface area (Å²) in [6, 6.07) is 3.74. The van der Waals surface area contributed by atoms with Crippen LogP contribution in [0.5, 0.6) is 0 Å². The van der Waals surface area contributed by atoms with E-state index in [9.17, 15) is 9.18 Å². The number of halogens is 3. The van der Waals surface area contributed by atoms with Gasteiger partial charge in [0.1, 0.15) is 6.33 Å². The lowest BCUT2D eigenvalue weighted by molar-refractivity contribution is 0.121. The maximum atomic E-state index is 14.8. The average Bonchev–Trinajstić information content (AvgIpc) is 2.96. The van der Waals surface area contributed by atoms with Crippen molar-refractivity contribution in [2.24, 2.45) is 0 Å². The Kier molecular flexibility index (Phi) is 3.81. The van der Waals surface area contributed by atoms with E-state index in [-0.39, 0.29) is 12.1 Å². The summed E-state index contributed by atoms with van der Waals surface area (Å²) < 4.78 is 14.8. The summed E-state index contributed by atoms with van der Waals surface area (Å²) in [5.74, 6) is 0. The Morgan fingerprint density at radius 3 is 2.92 bits per heavy atom. The van der Waals surface area contributed by atoms with Crippen LogP contribution >= 0.6 is 23.2 Å². The molecule has 2 aromatic rings. The molecule has 3 unspecified atom stereocenters. The Hall–Kier alpha value is -1.92. The van der Waals surface area contributed by atoms with Gasteiger partial charge in [0.15, 0.2) is 6.17 Å². The second-order valence-electron chi connectivity index (χ2n) is 5.89. The summed E-state index contributed by atoms with van der Waals surface area (Å²) in [5, 5.41) is 3.52. The third-order valence-corrected chi connectivity index (χ3v) is 5.30. The Morgan fingerprint density at radius 2 is 2.12 bits per heavy atom. The van der Waals surface area contributed by atoms with E-state index in [1.165, 1.54) is 6.33 Å². The number of rotatable bonds is 1. The molecular weight excluding hydrogens is 354 g/mol. The van der Waals surface area contributed by atoms with Crippen molar-refractivity contribution in [3.8, 4) is 0 Å². The highest BCUT2D eigenvalue weighted by atomic mass is 35.5. The van der Waals surface area contributed by atoms with Crippen molar-refractivity contribution in [3.05, 3.63) is 52.0 Å². The summed E-state index contributed by atoms with van der Waals surface area (Å²) in [4.78, 5) is 22.3. The minimum absolute atomic E-state index is 0.207. The van der Waals surface area contributed by atoms with Gasteiger partial charge in [-0.05, 0) is 31.0 Å². The van der Waals surface area contributed by atoms with Crippen molar-refractivity contribution in [3.63, 3.8) is 0 Å². The first-order valence-electron chi connectivity index (χ1n) is 7.54. The summed E-state index contributed by atoms with van der Waals surface area (Å²) in [6.45, 7) is 0. The molecule has 0 spiro atoms. The zero-order chi connectivity index (χ0) is 16.8. The molecule has 3 heterocycles. The van der Waals surface area contributed by atoms with Gasteiger partial charge in [0.25, 0.3) is 0 Å². The molecule has 2 bridgehead atoms. The number of aromatic nitrogens is 2. The fraction of sp³-hybridized carbons (Fsp3) is 0.312. The SMILES string of the molecule is O=C(Nc1ccc(Cl)c(Cl)c1)N1C2CCC1C(F)c1ncncc12. The quantitative estimate of drug-likeness (QED) is 0.805. The van der Waals surface area contributed by atoms with Gasteiger partial charge in [-0.3, -0.25) is 0 Å². The lowest BCUT2D eigenvalue weighted by atomic mass is 9.98. The highest BCUT2D eigenvalue weighted by Crippen LogP contribution is 2.48. The minimum Gasteiger partial charge on any atom is -0.311 e. The topological polar surface area (TPSA) is 58.1 Å². The van der Waals surface area contributed by atoms with Gasteiger partial charge < -0.3 is 10.2 Å². The molecule has 5 nitrogen and oxygen atoms in total. The van der Waals surface area contributed by atoms with Crippen LogP contribution in [0.4, 0.5) is 14.9 Å². The largest absolute Gasteiger partial charge is 0.322 e. The van der Waals surface area contributed by atoms with Crippen LogP contribution in [0, 0.1) is 0 Å². The lowest BCUT2D eigenvalue weighted by Crippen LogP contribution is -2.45. The highest BCUT2D eigenvalue weighted by molar-refractivity contribution is 6.42. The van der Waals surface area contributed by atoms with Gasteiger partial charge in [-0.2, -0.15) is 0 Å². The number of benzene rings is 1. The second kappa shape index (κ2) is 5.86. The molecule has 8 heteroatoms. The van der Waals surface area contributed by atoms with Crippen molar-refractivity contribution in [1.29, 1.82) is 0 Å². The normalized spacial score (nSPS) is 24.6. The molecule has 2 aliphatic heterocycles. The van der Waals surface area contributed by atoms with Gasteiger partial charge in [-0.15, -0.1) is 0 Å². The number of amides is 2. The Balaban J connectivity index is 1.63. The van der Waals surface area contributed by atoms with Crippen molar-refractivity contribution in [2.75, 3.05) is 5.32 Å². The molecule has 1 aromatic heterocycles. The predicted octanol–water partition coefficient (Wildman–Crippen LogP) is 4.55. The Labute approximate surface area is 147 Å². The summed E-state index contributed by atoms with van der Waals surface area (Å²) >= 11 is 11.8. The summed E-state index contributed by atoms with van der Waals surface area (Å²) in [5.41, 5.74) is 1.60. The van der Waals surface area contributed by atoms with Crippen LogP contribution < -0.4 is 5.32 Å². The van der Waals surface area contributed by atoms with Gasteiger partial charge >= 0.3 is 6.03 Å². The molecule has 1 saturated heterocycles. The molecule has 2 aliphatic rings. The van der Waals surface area contributed by atoms with Gasteiger partial charge in [0.05, 0.1) is 27.8 Å². The molecule has 24 heavy (non-hydrogen) atoms. The van der Waals surface area contributed by atoms with Crippen molar-refractivity contribution in [1.82, 2.24) is 14.9 Å². The van der Waals surface area contributed by atoms with E-state index in [0.29, 0.717) is 39.8 Å². The van der Waals surface area contributed by atoms with Crippen LogP contribution in [0.3, 0.4) is 0 Å². The molecule has 1 fully saturated rings. The fourth-order valence-electron chi connectivity index (χ4n) is 3.50.